The largest absolute Gasteiger partial charge is 0.480 e. The van der Waals surface area contributed by atoms with Crippen molar-refractivity contribution >= 4 is 22.9 Å². The summed E-state index contributed by atoms with van der Waals surface area (Å²) in [5.41, 5.74) is 0.382. The van der Waals surface area contributed by atoms with Crippen molar-refractivity contribution in [2.75, 3.05) is 0 Å². The first-order valence-corrected chi connectivity index (χ1v) is 6.51. The molecule has 2 amide bonds. The third kappa shape index (κ3) is 3.13. The molecular weight excluding hydrogens is 272 g/mol. The number of carbonyl (C=O) groups is 2. The molecule has 112 valence electrons. The molecule has 7 nitrogen and oxygen atoms in total. The Morgan fingerprint density at radius 3 is 2.67 bits per heavy atom. The SMILES string of the molecule is Cn1nc(CNC(=O)NC(C)(C)C(=O)O)c2ccccc21. The molecule has 0 aliphatic rings. The van der Waals surface area contributed by atoms with Crippen molar-refractivity contribution in [1.29, 1.82) is 0 Å². The lowest BCUT2D eigenvalue weighted by molar-refractivity contribution is -0.142. The predicted molar refractivity (Wildman–Crippen MR) is 77.8 cm³/mol. The number of fused-ring (bicyclic) bond motifs is 1. The van der Waals surface area contributed by atoms with Crippen LogP contribution in [0, 0.1) is 0 Å². The summed E-state index contributed by atoms with van der Waals surface area (Å²) >= 11 is 0. The molecule has 3 N–H and O–H groups in total. The number of urea groups is 1. The van der Waals surface area contributed by atoms with Gasteiger partial charge in [-0.3, -0.25) is 4.68 Å². The zero-order valence-electron chi connectivity index (χ0n) is 12.2. The average Bonchev–Trinajstić information content (AvgIpc) is 2.73. The van der Waals surface area contributed by atoms with Gasteiger partial charge in [0.1, 0.15) is 5.54 Å². The van der Waals surface area contributed by atoms with Crippen LogP contribution in [0.5, 0.6) is 0 Å². The maximum Gasteiger partial charge on any atom is 0.328 e. The van der Waals surface area contributed by atoms with E-state index in [9.17, 15) is 9.59 Å². The topological polar surface area (TPSA) is 96.3 Å². The number of benzene rings is 1. The van der Waals surface area contributed by atoms with E-state index in [-0.39, 0.29) is 6.54 Å². The molecule has 0 saturated carbocycles. The number of carbonyl (C=O) groups excluding carboxylic acids is 1. The number of rotatable bonds is 4. The fraction of sp³-hybridized carbons (Fsp3) is 0.357. The van der Waals surface area contributed by atoms with Crippen molar-refractivity contribution in [2.45, 2.75) is 25.9 Å². The van der Waals surface area contributed by atoms with Crippen LogP contribution in [0.15, 0.2) is 24.3 Å². The third-order valence-corrected chi connectivity index (χ3v) is 3.21. The lowest BCUT2D eigenvalue weighted by atomic mass is 10.1. The first-order chi connectivity index (χ1) is 9.81. The summed E-state index contributed by atoms with van der Waals surface area (Å²) < 4.78 is 1.74. The lowest BCUT2D eigenvalue weighted by Crippen LogP contribution is -2.53. The van der Waals surface area contributed by atoms with Crippen molar-refractivity contribution in [3.63, 3.8) is 0 Å². The Kier molecular flexibility index (Phi) is 3.84. The first kappa shape index (κ1) is 14.8. The van der Waals surface area contributed by atoms with Crippen molar-refractivity contribution in [1.82, 2.24) is 20.4 Å². The molecule has 0 atom stereocenters. The van der Waals surface area contributed by atoms with Crippen LogP contribution in [-0.2, 0) is 18.4 Å². The van der Waals surface area contributed by atoms with Gasteiger partial charge in [0.05, 0.1) is 17.8 Å². The van der Waals surface area contributed by atoms with Gasteiger partial charge in [-0.25, -0.2) is 9.59 Å². The molecule has 2 aromatic rings. The molecule has 1 heterocycles. The number of carboxylic acids is 1. The van der Waals surface area contributed by atoms with Gasteiger partial charge in [0.25, 0.3) is 0 Å². The molecule has 0 unspecified atom stereocenters. The maximum absolute atomic E-state index is 11.8. The van der Waals surface area contributed by atoms with Crippen molar-refractivity contribution < 1.29 is 14.7 Å². The molecule has 21 heavy (non-hydrogen) atoms. The van der Waals surface area contributed by atoms with Crippen LogP contribution < -0.4 is 10.6 Å². The Balaban J connectivity index is 2.05. The molecule has 0 aliphatic carbocycles. The number of hydrogen-bond donors (Lipinski definition) is 3. The van der Waals surface area contributed by atoms with Gasteiger partial charge in [-0.2, -0.15) is 5.10 Å². The number of aliphatic carboxylic acids is 1. The minimum Gasteiger partial charge on any atom is -0.480 e. The average molecular weight is 290 g/mol. The molecule has 0 saturated heterocycles. The van der Waals surface area contributed by atoms with Gasteiger partial charge in [0.15, 0.2) is 0 Å². The molecule has 7 heteroatoms. The molecule has 0 bridgehead atoms. The van der Waals surface area contributed by atoms with Gasteiger partial charge < -0.3 is 15.7 Å². The standard InChI is InChI=1S/C14H18N4O3/c1-14(2,12(19)20)16-13(21)15-8-10-9-6-4-5-7-11(9)18(3)17-10/h4-7H,8H2,1-3H3,(H,19,20)(H2,15,16,21). The van der Waals surface area contributed by atoms with E-state index in [1.54, 1.807) is 4.68 Å². The highest BCUT2D eigenvalue weighted by molar-refractivity contribution is 5.86. The summed E-state index contributed by atoms with van der Waals surface area (Å²) in [6.07, 6.45) is 0. The van der Waals surface area contributed by atoms with Gasteiger partial charge in [-0.05, 0) is 19.9 Å². The van der Waals surface area contributed by atoms with Gasteiger partial charge in [-0.1, -0.05) is 18.2 Å². The van der Waals surface area contributed by atoms with E-state index in [2.05, 4.69) is 15.7 Å². The smallest absolute Gasteiger partial charge is 0.328 e. The van der Waals surface area contributed by atoms with Crippen LogP contribution in [0.2, 0.25) is 0 Å². The van der Waals surface area contributed by atoms with E-state index in [1.165, 1.54) is 13.8 Å². The lowest BCUT2D eigenvalue weighted by Gasteiger charge is -2.20. The molecule has 1 aromatic carbocycles. The van der Waals surface area contributed by atoms with E-state index < -0.39 is 17.5 Å². The molecule has 0 fully saturated rings. The van der Waals surface area contributed by atoms with Gasteiger partial charge in [0, 0.05) is 12.4 Å². The minimum absolute atomic E-state index is 0.225. The van der Waals surface area contributed by atoms with Crippen LogP contribution in [0.1, 0.15) is 19.5 Å². The van der Waals surface area contributed by atoms with E-state index >= 15 is 0 Å². The quantitative estimate of drug-likeness (QED) is 0.789. The van der Waals surface area contributed by atoms with Crippen molar-refractivity contribution in [3.05, 3.63) is 30.0 Å². The highest BCUT2D eigenvalue weighted by atomic mass is 16.4. The number of aromatic nitrogens is 2. The summed E-state index contributed by atoms with van der Waals surface area (Å²) in [4.78, 5) is 22.7. The van der Waals surface area contributed by atoms with Crippen molar-refractivity contribution in [3.8, 4) is 0 Å². The second-order valence-corrected chi connectivity index (χ2v) is 5.33. The highest BCUT2D eigenvalue weighted by Gasteiger charge is 2.28. The first-order valence-electron chi connectivity index (χ1n) is 6.51. The number of para-hydroxylation sites is 1. The second kappa shape index (κ2) is 5.43. The molecule has 1 aromatic heterocycles. The van der Waals surface area contributed by atoms with Gasteiger partial charge in [-0.15, -0.1) is 0 Å². The normalized spacial score (nSPS) is 11.4. The third-order valence-electron chi connectivity index (χ3n) is 3.21. The Hall–Kier alpha value is -2.57. The van der Waals surface area contributed by atoms with Crippen molar-refractivity contribution in [2.24, 2.45) is 7.05 Å². The molecule has 0 radical (unpaired) electrons. The monoisotopic (exact) mass is 290 g/mol. The Bertz CT molecular complexity index is 691. The van der Waals surface area contributed by atoms with Crippen LogP contribution in [0.4, 0.5) is 4.79 Å². The number of amides is 2. The van der Waals surface area contributed by atoms with E-state index in [1.807, 2.05) is 31.3 Å². The fourth-order valence-electron chi connectivity index (χ4n) is 1.96. The second-order valence-electron chi connectivity index (χ2n) is 5.33. The Morgan fingerprint density at radius 2 is 2.00 bits per heavy atom. The maximum atomic E-state index is 11.8. The molecule has 0 spiro atoms. The molecule has 0 aliphatic heterocycles. The van der Waals surface area contributed by atoms with Crippen LogP contribution in [0.25, 0.3) is 10.9 Å². The number of hydrogen-bond acceptors (Lipinski definition) is 3. The Labute approximate surface area is 121 Å². The van der Waals surface area contributed by atoms with Crippen LogP contribution in [-0.4, -0.2) is 32.4 Å². The summed E-state index contributed by atoms with van der Waals surface area (Å²) in [5, 5.41) is 19.3. The number of carboxylic acid groups (broad SMARTS) is 1. The summed E-state index contributed by atoms with van der Waals surface area (Å²) in [6, 6.07) is 7.15. The van der Waals surface area contributed by atoms with Gasteiger partial charge >= 0.3 is 12.0 Å². The molecule has 2 rings (SSSR count). The summed E-state index contributed by atoms with van der Waals surface area (Å²) in [6.45, 7) is 3.07. The van der Waals surface area contributed by atoms with E-state index in [0.29, 0.717) is 0 Å². The number of nitrogens with one attached hydrogen (secondary N) is 2. The zero-order valence-corrected chi connectivity index (χ0v) is 12.2. The van der Waals surface area contributed by atoms with E-state index in [0.717, 1.165) is 16.6 Å². The minimum atomic E-state index is -1.32. The highest BCUT2D eigenvalue weighted by Crippen LogP contribution is 2.17. The Morgan fingerprint density at radius 1 is 1.33 bits per heavy atom. The number of aryl methyl sites for hydroxylation is 1. The van der Waals surface area contributed by atoms with Crippen LogP contribution in [0.3, 0.4) is 0 Å². The van der Waals surface area contributed by atoms with E-state index in [4.69, 9.17) is 5.11 Å². The predicted octanol–water partition coefficient (Wildman–Crippen LogP) is 1.24. The summed E-state index contributed by atoms with van der Waals surface area (Å²) in [7, 11) is 1.83. The van der Waals surface area contributed by atoms with Crippen LogP contribution >= 0.6 is 0 Å². The molecular formula is C14H18N4O3. The zero-order chi connectivity index (χ0) is 15.6. The summed E-state index contributed by atoms with van der Waals surface area (Å²) in [5.74, 6) is -1.10. The fourth-order valence-corrected chi connectivity index (χ4v) is 1.96. The van der Waals surface area contributed by atoms with Gasteiger partial charge in [0.2, 0.25) is 0 Å². The number of nitrogens with zero attached hydrogens (tertiary/aromatic N) is 2.